The van der Waals surface area contributed by atoms with Crippen molar-refractivity contribution in [3.63, 3.8) is 0 Å². The van der Waals surface area contributed by atoms with Crippen molar-refractivity contribution < 1.29 is 4.79 Å². The molecule has 2 nitrogen and oxygen atoms in total. The maximum Gasteiger partial charge on any atom is 0.252 e. The maximum absolute atomic E-state index is 12.0. The predicted octanol–water partition coefficient (Wildman–Crippen LogP) is 3.90. The standard InChI is InChI=1S/C17H19NOS/c1-13(14-7-3-2-4-8-14)11-12-18-17(19)15-9-5-6-10-16(15)20/h2-10,13,20H,11-12H2,1H3,(H,18,19). The van der Waals surface area contributed by atoms with Crippen molar-refractivity contribution in [1.82, 2.24) is 5.32 Å². The smallest absolute Gasteiger partial charge is 0.252 e. The molecule has 0 spiro atoms. The summed E-state index contributed by atoms with van der Waals surface area (Å²) in [6.07, 6.45) is 0.921. The Hall–Kier alpha value is -1.74. The summed E-state index contributed by atoms with van der Waals surface area (Å²) in [5.41, 5.74) is 1.93. The van der Waals surface area contributed by atoms with Gasteiger partial charge in [-0.2, -0.15) is 0 Å². The summed E-state index contributed by atoms with van der Waals surface area (Å²) >= 11 is 4.30. The highest BCUT2D eigenvalue weighted by atomic mass is 32.1. The van der Waals surface area contributed by atoms with Gasteiger partial charge in [0.25, 0.3) is 5.91 Å². The number of carbonyl (C=O) groups excluding carboxylic acids is 1. The van der Waals surface area contributed by atoms with Crippen molar-refractivity contribution in [3.05, 3.63) is 65.7 Å². The van der Waals surface area contributed by atoms with Crippen LogP contribution in [0, 0.1) is 0 Å². The van der Waals surface area contributed by atoms with Crippen LogP contribution in [0.15, 0.2) is 59.5 Å². The van der Waals surface area contributed by atoms with Gasteiger partial charge in [-0.25, -0.2) is 0 Å². The minimum Gasteiger partial charge on any atom is -0.352 e. The summed E-state index contributed by atoms with van der Waals surface area (Å²) in [6.45, 7) is 2.84. The Bertz CT molecular complexity index is 568. The van der Waals surface area contributed by atoms with Crippen LogP contribution < -0.4 is 5.32 Å². The molecule has 0 bridgehead atoms. The fraction of sp³-hybridized carbons (Fsp3) is 0.235. The number of benzene rings is 2. The first-order valence-electron chi connectivity index (χ1n) is 6.79. The van der Waals surface area contributed by atoms with E-state index in [0.717, 1.165) is 6.42 Å². The number of carbonyl (C=O) groups is 1. The number of rotatable bonds is 5. The predicted molar refractivity (Wildman–Crippen MR) is 85.5 cm³/mol. The average Bonchev–Trinajstić information content (AvgIpc) is 2.48. The monoisotopic (exact) mass is 285 g/mol. The van der Waals surface area contributed by atoms with E-state index in [-0.39, 0.29) is 5.91 Å². The summed E-state index contributed by atoms with van der Waals surface area (Å²) < 4.78 is 0. The topological polar surface area (TPSA) is 29.1 Å². The fourth-order valence-electron chi connectivity index (χ4n) is 2.11. The number of hydrogen-bond acceptors (Lipinski definition) is 2. The van der Waals surface area contributed by atoms with Crippen molar-refractivity contribution in [1.29, 1.82) is 0 Å². The molecule has 0 aromatic heterocycles. The Labute approximate surface area is 125 Å². The second-order valence-corrected chi connectivity index (χ2v) is 5.36. The summed E-state index contributed by atoms with van der Waals surface area (Å²) in [7, 11) is 0. The third-order valence-electron chi connectivity index (χ3n) is 3.38. The van der Waals surface area contributed by atoms with Gasteiger partial charge in [0.05, 0.1) is 5.56 Å². The summed E-state index contributed by atoms with van der Waals surface area (Å²) in [6, 6.07) is 17.7. The van der Waals surface area contributed by atoms with Crippen LogP contribution in [0.25, 0.3) is 0 Å². The molecule has 0 heterocycles. The Morgan fingerprint density at radius 2 is 1.75 bits per heavy atom. The lowest BCUT2D eigenvalue weighted by Crippen LogP contribution is -2.25. The van der Waals surface area contributed by atoms with Gasteiger partial charge in [0, 0.05) is 11.4 Å². The average molecular weight is 285 g/mol. The van der Waals surface area contributed by atoms with E-state index in [1.54, 1.807) is 6.07 Å². The van der Waals surface area contributed by atoms with Gasteiger partial charge in [-0.1, -0.05) is 49.4 Å². The summed E-state index contributed by atoms with van der Waals surface area (Å²) in [4.78, 5) is 12.7. The Morgan fingerprint density at radius 3 is 2.45 bits per heavy atom. The lowest BCUT2D eigenvalue weighted by Gasteiger charge is -2.12. The van der Waals surface area contributed by atoms with E-state index in [0.29, 0.717) is 22.9 Å². The first-order chi connectivity index (χ1) is 9.68. The summed E-state index contributed by atoms with van der Waals surface area (Å²) in [5.74, 6) is 0.374. The quantitative estimate of drug-likeness (QED) is 0.802. The van der Waals surface area contributed by atoms with Gasteiger partial charge in [0.15, 0.2) is 0 Å². The molecule has 1 atom stereocenters. The third kappa shape index (κ3) is 3.87. The van der Waals surface area contributed by atoms with Crippen molar-refractivity contribution in [2.45, 2.75) is 24.2 Å². The zero-order valence-electron chi connectivity index (χ0n) is 11.5. The molecule has 20 heavy (non-hydrogen) atoms. The number of hydrogen-bond donors (Lipinski definition) is 2. The molecule has 3 heteroatoms. The maximum atomic E-state index is 12.0. The molecule has 0 aliphatic heterocycles. The second-order valence-electron chi connectivity index (χ2n) is 4.87. The van der Waals surface area contributed by atoms with Crippen LogP contribution in [0.3, 0.4) is 0 Å². The van der Waals surface area contributed by atoms with Crippen LogP contribution in [0.2, 0.25) is 0 Å². The highest BCUT2D eigenvalue weighted by Gasteiger charge is 2.09. The van der Waals surface area contributed by atoms with Crippen molar-refractivity contribution in [2.24, 2.45) is 0 Å². The van der Waals surface area contributed by atoms with E-state index < -0.39 is 0 Å². The lowest BCUT2D eigenvalue weighted by atomic mass is 9.98. The first-order valence-corrected chi connectivity index (χ1v) is 7.24. The number of nitrogens with one attached hydrogen (secondary N) is 1. The molecule has 1 amide bonds. The van der Waals surface area contributed by atoms with E-state index in [1.165, 1.54) is 5.56 Å². The summed E-state index contributed by atoms with van der Waals surface area (Å²) in [5, 5.41) is 2.95. The highest BCUT2D eigenvalue weighted by molar-refractivity contribution is 7.80. The molecule has 2 aromatic carbocycles. The molecule has 0 saturated carbocycles. The van der Waals surface area contributed by atoms with Gasteiger partial charge in [0.2, 0.25) is 0 Å². The van der Waals surface area contributed by atoms with Crippen molar-refractivity contribution in [3.8, 4) is 0 Å². The zero-order valence-corrected chi connectivity index (χ0v) is 12.4. The molecule has 0 fully saturated rings. The highest BCUT2D eigenvalue weighted by Crippen LogP contribution is 2.18. The number of thiol groups is 1. The number of amides is 1. The zero-order chi connectivity index (χ0) is 14.4. The van der Waals surface area contributed by atoms with Gasteiger partial charge < -0.3 is 5.32 Å². The van der Waals surface area contributed by atoms with Crippen LogP contribution in [0.5, 0.6) is 0 Å². The first kappa shape index (κ1) is 14.7. The molecule has 0 saturated heterocycles. The van der Waals surface area contributed by atoms with E-state index in [2.05, 4.69) is 37.0 Å². The molecule has 2 rings (SSSR count). The van der Waals surface area contributed by atoms with Gasteiger partial charge in [-0.3, -0.25) is 4.79 Å². The fourth-order valence-corrected chi connectivity index (χ4v) is 2.37. The molecular formula is C17H19NOS. The normalized spacial score (nSPS) is 11.9. The molecule has 1 unspecified atom stereocenters. The van der Waals surface area contributed by atoms with Crippen molar-refractivity contribution >= 4 is 18.5 Å². The molecule has 1 N–H and O–H groups in total. The van der Waals surface area contributed by atoms with Gasteiger partial charge in [-0.05, 0) is 30.0 Å². The second kappa shape index (κ2) is 7.15. The lowest BCUT2D eigenvalue weighted by molar-refractivity contribution is 0.0950. The molecular weight excluding hydrogens is 266 g/mol. The van der Waals surface area contributed by atoms with Crippen LogP contribution in [-0.4, -0.2) is 12.5 Å². The van der Waals surface area contributed by atoms with Crippen LogP contribution in [0.4, 0.5) is 0 Å². The van der Waals surface area contributed by atoms with E-state index >= 15 is 0 Å². The van der Waals surface area contributed by atoms with Gasteiger partial charge >= 0.3 is 0 Å². The minimum atomic E-state index is -0.0594. The van der Waals surface area contributed by atoms with Gasteiger partial charge in [0.1, 0.15) is 0 Å². The molecule has 0 radical (unpaired) electrons. The van der Waals surface area contributed by atoms with Crippen LogP contribution >= 0.6 is 12.6 Å². The molecule has 0 aliphatic rings. The van der Waals surface area contributed by atoms with Gasteiger partial charge in [-0.15, -0.1) is 12.6 Å². The van der Waals surface area contributed by atoms with Crippen LogP contribution in [0.1, 0.15) is 35.2 Å². The largest absolute Gasteiger partial charge is 0.352 e. The Morgan fingerprint density at radius 1 is 1.10 bits per heavy atom. The molecule has 2 aromatic rings. The van der Waals surface area contributed by atoms with E-state index in [4.69, 9.17) is 0 Å². The molecule has 104 valence electrons. The van der Waals surface area contributed by atoms with Crippen LogP contribution in [-0.2, 0) is 0 Å². The Kier molecular flexibility index (Phi) is 5.24. The minimum absolute atomic E-state index is 0.0594. The third-order valence-corrected chi connectivity index (χ3v) is 3.77. The van der Waals surface area contributed by atoms with E-state index in [9.17, 15) is 4.79 Å². The van der Waals surface area contributed by atoms with E-state index in [1.807, 2.05) is 36.4 Å². The van der Waals surface area contributed by atoms with Crippen molar-refractivity contribution in [2.75, 3.05) is 6.54 Å². The SMILES string of the molecule is CC(CCNC(=O)c1ccccc1S)c1ccccc1. The Balaban J connectivity index is 1.84. The molecule has 0 aliphatic carbocycles.